The number of likely N-dealkylation sites (tertiary alicyclic amines) is 1. The van der Waals surface area contributed by atoms with Gasteiger partial charge < -0.3 is 15.1 Å². The number of nitrogens with zero attached hydrogens (tertiary/aromatic N) is 3. The first-order valence-electron chi connectivity index (χ1n) is 9.03. The summed E-state index contributed by atoms with van der Waals surface area (Å²) in [5.41, 5.74) is 0. The maximum absolute atomic E-state index is 12.7. The maximum atomic E-state index is 12.7. The minimum Gasteiger partial charge on any atom is -0.343 e. The van der Waals surface area contributed by atoms with Crippen LogP contribution in [0, 0.1) is 0 Å². The third-order valence-electron chi connectivity index (χ3n) is 5.17. The average Bonchev–Trinajstić information content (AvgIpc) is 3.07. The fourth-order valence-corrected chi connectivity index (χ4v) is 2.99. The predicted octanol–water partition coefficient (Wildman–Crippen LogP) is -0.132. The number of rotatable bonds is 7. The molecule has 1 aliphatic rings. The Bertz CT molecular complexity index is 563. The Balaban J connectivity index is 2.73. The van der Waals surface area contributed by atoms with Crippen molar-refractivity contribution in [2.75, 3.05) is 27.7 Å². The first-order chi connectivity index (χ1) is 12.0. The first-order valence-corrected chi connectivity index (χ1v) is 9.03. The van der Waals surface area contributed by atoms with Crippen LogP contribution in [0.3, 0.4) is 0 Å². The molecule has 0 aromatic heterocycles. The van der Waals surface area contributed by atoms with E-state index in [1.807, 2.05) is 0 Å². The third kappa shape index (κ3) is 5.03. The van der Waals surface area contributed by atoms with Gasteiger partial charge in [-0.15, -0.1) is 0 Å². The van der Waals surface area contributed by atoms with Crippen molar-refractivity contribution < 1.29 is 19.2 Å². The molecule has 8 heteroatoms. The molecule has 1 saturated heterocycles. The van der Waals surface area contributed by atoms with Crippen LogP contribution in [0.4, 0.5) is 0 Å². The highest BCUT2D eigenvalue weighted by molar-refractivity contribution is 5.94. The highest BCUT2D eigenvalue weighted by Crippen LogP contribution is 2.20. The topological polar surface area (TPSA) is 90.0 Å². The second kappa shape index (κ2) is 9.12. The third-order valence-corrected chi connectivity index (χ3v) is 5.17. The molecule has 4 atom stereocenters. The van der Waals surface area contributed by atoms with E-state index in [4.69, 9.17) is 0 Å². The molecule has 0 radical (unpaired) electrons. The van der Waals surface area contributed by atoms with Gasteiger partial charge in [-0.2, -0.15) is 0 Å². The predicted molar refractivity (Wildman–Crippen MR) is 98.4 cm³/mol. The Morgan fingerprint density at radius 1 is 1.04 bits per heavy atom. The summed E-state index contributed by atoms with van der Waals surface area (Å²) in [6, 6.07) is -2.21. The van der Waals surface area contributed by atoms with Crippen molar-refractivity contribution in [1.29, 1.82) is 0 Å². The number of likely N-dealkylation sites (N-methyl/N-ethyl adjacent to an activating group) is 2. The van der Waals surface area contributed by atoms with E-state index in [0.717, 1.165) is 6.42 Å². The van der Waals surface area contributed by atoms with Crippen LogP contribution in [-0.2, 0) is 19.2 Å². The van der Waals surface area contributed by atoms with Gasteiger partial charge >= 0.3 is 0 Å². The first kappa shape index (κ1) is 22.1. The Morgan fingerprint density at radius 2 is 1.62 bits per heavy atom. The molecule has 1 heterocycles. The number of ketones is 1. The summed E-state index contributed by atoms with van der Waals surface area (Å²) in [7, 11) is 5.11. The van der Waals surface area contributed by atoms with Gasteiger partial charge in [0.05, 0.1) is 12.1 Å². The number of carbonyl (C=O) groups excluding carboxylic acids is 4. The van der Waals surface area contributed by atoms with Gasteiger partial charge in [0.25, 0.3) is 0 Å². The molecule has 8 nitrogen and oxygen atoms in total. The van der Waals surface area contributed by atoms with Crippen molar-refractivity contribution in [3.05, 3.63) is 0 Å². The lowest BCUT2D eigenvalue weighted by Gasteiger charge is -2.32. The van der Waals surface area contributed by atoms with Crippen LogP contribution >= 0.6 is 0 Å². The molecule has 148 valence electrons. The molecule has 0 aliphatic carbocycles. The minimum absolute atomic E-state index is 0.0321. The Hall–Kier alpha value is -1.96. The van der Waals surface area contributed by atoms with Crippen molar-refractivity contribution in [3.63, 3.8) is 0 Å². The number of amides is 3. The second-order valence-electron chi connectivity index (χ2n) is 7.30. The SMILES string of the molecule is CC(=O)C1CCCN1C(=O)[C@H](C)N(C)C(=O)[C@H](C)NC(=O)[C@H](C)N(C)C. The van der Waals surface area contributed by atoms with Gasteiger partial charge in [-0.1, -0.05) is 0 Å². The molecule has 0 saturated carbocycles. The number of hydrogen-bond acceptors (Lipinski definition) is 5. The van der Waals surface area contributed by atoms with Crippen LogP contribution in [-0.4, -0.2) is 90.1 Å². The highest BCUT2D eigenvalue weighted by Gasteiger charge is 2.37. The zero-order valence-electron chi connectivity index (χ0n) is 16.9. The molecule has 1 fully saturated rings. The molecule has 1 unspecified atom stereocenters. The lowest BCUT2D eigenvalue weighted by atomic mass is 10.1. The average molecular weight is 368 g/mol. The van der Waals surface area contributed by atoms with E-state index >= 15 is 0 Å². The molecular formula is C18H32N4O4. The van der Waals surface area contributed by atoms with Crippen molar-refractivity contribution in [2.45, 2.75) is 64.7 Å². The Labute approximate surface area is 155 Å². The molecule has 1 rings (SSSR count). The van der Waals surface area contributed by atoms with Crippen LogP contribution in [0.25, 0.3) is 0 Å². The van der Waals surface area contributed by atoms with E-state index in [0.29, 0.717) is 13.0 Å². The molecule has 0 aromatic rings. The number of Topliss-reactive ketones (excluding diaryl/α,β-unsaturated/α-hetero) is 1. The fourth-order valence-electron chi connectivity index (χ4n) is 2.99. The van der Waals surface area contributed by atoms with E-state index in [1.165, 1.54) is 11.8 Å². The van der Waals surface area contributed by atoms with E-state index < -0.39 is 18.1 Å². The molecule has 3 amide bonds. The molecule has 0 spiro atoms. The molecule has 26 heavy (non-hydrogen) atoms. The van der Waals surface area contributed by atoms with Crippen molar-refractivity contribution in [1.82, 2.24) is 20.0 Å². The van der Waals surface area contributed by atoms with Gasteiger partial charge in [0.1, 0.15) is 12.1 Å². The highest BCUT2D eigenvalue weighted by atomic mass is 16.2. The van der Waals surface area contributed by atoms with Gasteiger partial charge in [-0.3, -0.25) is 24.1 Å². The van der Waals surface area contributed by atoms with Gasteiger partial charge in [0.15, 0.2) is 5.78 Å². The van der Waals surface area contributed by atoms with Crippen LogP contribution in [0.2, 0.25) is 0 Å². The van der Waals surface area contributed by atoms with E-state index in [-0.39, 0.29) is 29.5 Å². The largest absolute Gasteiger partial charge is 0.343 e. The van der Waals surface area contributed by atoms with Crippen molar-refractivity contribution in [3.8, 4) is 0 Å². The van der Waals surface area contributed by atoms with Gasteiger partial charge in [0.2, 0.25) is 17.7 Å². The molecule has 0 bridgehead atoms. The van der Waals surface area contributed by atoms with Gasteiger partial charge in [0, 0.05) is 13.6 Å². The zero-order chi connectivity index (χ0) is 20.2. The summed E-state index contributed by atoms with van der Waals surface area (Å²) in [6.45, 7) is 7.01. The van der Waals surface area contributed by atoms with Crippen LogP contribution in [0.5, 0.6) is 0 Å². The summed E-state index contributed by atoms with van der Waals surface area (Å²) in [6.07, 6.45) is 1.45. The van der Waals surface area contributed by atoms with Crippen LogP contribution < -0.4 is 5.32 Å². The normalized spacial score (nSPS) is 20.5. The van der Waals surface area contributed by atoms with Gasteiger partial charge in [-0.25, -0.2) is 0 Å². The van der Waals surface area contributed by atoms with Crippen molar-refractivity contribution in [2.24, 2.45) is 0 Å². The maximum Gasteiger partial charge on any atom is 0.245 e. The number of hydrogen-bond donors (Lipinski definition) is 1. The molecule has 0 aromatic carbocycles. The zero-order valence-corrected chi connectivity index (χ0v) is 16.9. The minimum atomic E-state index is -0.743. The number of carbonyl (C=O) groups is 4. The summed E-state index contributed by atoms with van der Waals surface area (Å²) in [5.74, 6) is -0.864. The quantitative estimate of drug-likeness (QED) is 0.676. The van der Waals surface area contributed by atoms with E-state index in [9.17, 15) is 19.2 Å². The smallest absolute Gasteiger partial charge is 0.245 e. The molecule has 1 N–H and O–H groups in total. The van der Waals surface area contributed by atoms with Crippen LogP contribution in [0.15, 0.2) is 0 Å². The molecular weight excluding hydrogens is 336 g/mol. The molecule has 1 aliphatic heterocycles. The van der Waals surface area contributed by atoms with Gasteiger partial charge in [-0.05, 0) is 54.6 Å². The summed E-state index contributed by atoms with van der Waals surface area (Å²) < 4.78 is 0. The summed E-state index contributed by atoms with van der Waals surface area (Å²) in [4.78, 5) is 53.8. The summed E-state index contributed by atoms with van der Waals surface area (Å²) in [5, 5.41) is 2.68. The second-order valence-corrected chi connectivity index (χ2v) is 7.30. The monoisotopic (exact) mass is 368 g/mol. The Morgan fingerprint density at radius 3 is 2.12 bits per heavy atom. The van der Waals surface area contributed by atoms with Crippen molar-refractivity contribution >= 4 is 23.5 Å². The lowest BCUT2D eigenvalue weighted by molar-refractivity contribution is -0.147. The van der Waals surface area contributed by atoms with E-state index in [1.54, 1.807) is 51.7 Å². The van der Waals surface area contributed by atoms with Crippen LogP contribution in [0.1, 0.15) is 40.5 Å². The summed E-state index contributed by atoms with van der Waals surface area (Å²) >= 11 is 0. The van der Waals surface area contributed by atoms with E-state index in [2.05, 4.69) is 5.32 Å². The Kier molecular flexibility index (Phi) is 7.74. The fraction of sp³-hybridized carbons (Fsp3) is 0.778. The number of nitrogens with one attached hydrogen (secondary N) is 1. The lowest BCUT2D eigenvalue weighted by Crippen LogP contribution is -2.55. The standard InChI is InChI=1S/C18H32N4O4/c1-11(19-16(24)12(2)20(5)6)17(25)21(7)13(3)18(26)22-10-8-9-15(22)14(4)23/h11-13,15H,8-10H2,1-7H3,(H,19,24)/t11-,12-,13-,15?/m0/s1.